The van der Waals surface area contributed by atoms with E-state index < -0.39 is 0 Å². The van der Waals surface area contributed by atoms with Crippen molar-refractivity contribution in [3.63, 3.8) is 0 Å². The monoisotopic (exact) mass is 345 g/mol. The first-order chi connectivity index (χ1) is 11.7. The normalized spacial score (nSPS) is 17.0. The van der Waals surface area contributed by atoms with E-state index in [1.807, 2.05) is 35.2 Å². The summed E-state index contributed by atoms with van der Waals surface area (Å²) in [7, 11) is 3.11. The molecule has 2 aromatic rings. The maximum atomic E-state index is 13.2. The van der Waals surface area contributed by atoms with Crippen molar-refractivity contribution in [3.8, 4) is 11.5 Å². The van der Waals surface area contributed by atoms with Crippen molar-refractivity contribution in [1.82, 2.24) is 4.90 Å². The molecule has 0 N–H and O–H groups in total. The summed E-state index contributed by atoms with van der Waals surface area (Å²) in [6.07, 6.45) is 1.84. The van der Waals surface area contributed by atoms with Crippen LogP contribution >= 0.6 is 11.6 Å². The van der Waals surface area contributed by atoms with E-state index in [2.05, 4.69) is 0 Å². The second kappa shape index (κ2) is 7.14. The molecule has 0 unspecified atom stereocenters. The van der Waals surface area contributed by atoms with Gasteiger partial charge in [0.1, 0.15) is 17.1 Å². The Kier molecular flexibility index (Phi) is 4.95. The van der Waals surface area contributed by atoms with E-state index in [0.29, 0.717) is 28.6 Å². The van der Waals surface area contributed by atoms with Crippen molar-refractivity contribution in [3.05, 3.63) is 58.6 Å². The van der Waals surface area contributed by atoms with E-state index in [1.54, 1.807) is 26.4 Å². The molecular weight excluding hydrogens is 326 g/mol. The highest BCUT2D eigenvalue weighted by molar-refractivity contribution is 6.31. The van der Waals surface area contributed by atoms with Gasteiger partial charge in [-0.25, -0.2) is 0 Å². The van der Waals surface area contributed by atoms with Gasteiger partial charge >= 0.3 is 0 Å². The van der Waals surface area contributed by atoms with E-state index in [-0.39, 0.29) is 11.9 Å². The Hall–Kier alpha value is -2.20. The molecule has 0 spiro atoms. The Bertz CT molecular complexity index is 725. The van der Waals surface area contributed by atoms with Crippen molar-refractivity contribution in [2.45, 2.75) is 18.9 Å². The van der Waals surface area contributed by atoms with Gasteiger partial charge in [0.25, 0.3) is 5.91 Å². The van der Waals surface area contributed by atoms with Gasteiger partial charge in [-0.05, 0) is 36.6 Å². The summed E-state index contributed by atoms with van der Waals surface area (Å²) in [6.45, 7) is 0.690. The van der Waals surface area contributed by atoms with Crippen LogP contribution in [0.3, 0.4) is 0 Å². The van der Waals surface area contributed by atoms with Gasteiger partial charge in [-0.2, -0.15) is 0 Å². The summed E-state index contributed by atoms with van der Waals surface area (Å²) in [5.74, 6) is 0.944. The predicted molar refractivity (Wildman–Crippen MR) is 94.0 cm³/mol. The number of carbonyl (C=O) groups is 1. The number of amides is 1. The van der Waals surface area contributed by atoms with Crippen LogP contribution in [0.2, 0.25) is 5.02 Å². The van der Waals surface area contributed by atoms with Gasteiger partial charge in [0.15, 0.2) is 0 Å². The molecule has 1 saturated heterocycles. The van der Waals surface area contributed by atoms with E-state index >= 15 is 0 Å². The van der Waals surface area contributed by atoms with Crippen LogP contribution in [0.5, 0.6) is 11.5 Å². The highest BCUT2D eigenvalue weighted by Crippen LogP contribution is 2.39. The van der Waals surface area contributed by atoms with Crippen LogP contribution < -0.4 is 9.47 Å². The zero-order valence-corrected chi connectivity index (χ0v) is 14.5. The molecule has 1 aliphatic heterocycles. The minimum absolute atomic E-state index is 0.0270. The lowest BCUT2D eigenvalue weighted by molar-refractivity contribution is 0.0728. The van der Waals surface area contributed by atoms with E-state index in [4.69, 9.17) is 21.1 Å². The highest BCUT2D eigenvalue weighted by atomic mass is 35.5. The molecule has 2 aromatic carbocycles. The minimum atomic E-state index is -0.0910. The third-order valence-corrected chi connectivity index (χ3v) is 4.76. The van der Waals surface area contributed by atoms with E-state index in [0.717, 1.165) is 18.4 Å². The van der Waals surface area contributed by atoms with Crippen LogP contribution in [-0.4, -0.2) is 31.6 Å². The van der Waals surface area contributed by atoms with E-state index in [9.17, 15) is 4.79 Å². The van der Waals surface area contributed by atoms with Crippen LogP contribution in [0, 0.1) is 0 Å². The van der Waals surface area contributed by atoms with Gasteiger partial charge in [0, 0.05) is 11.6 Å². The second-order valence-corrected chi connectivity index (χ2v) is 6.12. The van der Waals surface area contributed by atoms with Crippen molar-refractivity contribution < 1.29 is 14.3 Å². The Morgan fingerprint density at radius 2 is 1.75 bits per heavy atom. The number of carbonyl (C=O) groups excluding carboxylic acids is 1. The van der Waals surface area contributed by atoms with E-state index in [1.165, 1.54) is 0 Å². The molecule has 1 aliphatic rings. The number of benzene rings is 2. The number of rotatable bonds is 4. The number of hydrogen-bond acceptors (Lipinski definition) is 3. The first-order valence-electron chi connectivity index (χ1n) is 7.93. The summed E-state index contributed by atoms with van der Waals surface area (Å²) in [6, 6.07) is 13.0. The zero-order valence-electron chi connectivity index (χ0n) is 13.8. The van der Waals surface area contributed by atoms with Gasteiger partial charge in [-0.15, -0.1) is 0 Å². The minimum Gasteiger partial charge on any atom is -0.496 e. The molecule has 0 saturated carbocycles. The molecule has 5 heteroatoms. The van der Waals surface area contributed by atoms with Crippen molar-refractivity contribution in [2.75, 3.05) is 20.8 Å². The van der Waals surface area contributed by atoms with Crippen LogP contribution in [-0.2, 0) is 0 Å². The largest absolute Gasteiger partial charge is 0.496 e. The first-order valence-corrected chi connectivity index (χ1v) is 8.31. The zero-order chi connectivity index (χ0) is 17.1. The molecule has 0 radical (unpaired) electrons. The molecule has 1 atom stereocenters. The average Bonchev–Trinajstić information content (AvgIpc) is 3.10. The standard InChI is InChI=1S/C19H20ClNO3/c1-23-16-10-5-11-17(24-2)18(16)19(22)21-12-6-9-15(21)13-7-3-4-8-14(13)20/h3-5,7-8,10-11,15H,6,9,12H2,1-2H3/t15-/m1/s1. The predicted octanol–water partition coefficient (Wildman–Crippen LogP) is 4.33. The lowest BCUT2D eigenvalue weighted by Crippen LogP contribution is -2.31. The smallest absolute Gasteiger partial charge is 0.261 e. The number of ether oxygens (including phenoxy) is 2. The molecule has 1 fully saturated rings. The number of halogens is 1. The number of nitrogens with zero attached hydrogens (tertiary/aromatic N) is 1. The maximum absolute atomic E-state index is 13.2. The molecule has 1 heterocycles. The summed E-state index contributed by atoms with van der Waals surface area (Å²) >= 11 is 6.35. The fourth-order valence-electron chi connectivity index (χ4n) is 3.28. The third-order valence-electron chi connectivity index (χ3n) is 4.42. The molecule has 126 valence electrons. The number of hydrogen-bond donors (Lipinski definition) is 0. The molecule has 3 rings (SSSR count). The second-order valence-electron chi connectivity index (χ2n) is 5.72. The summed E-state index contributed by atoms with van der Waals surface area (Å²) in [5.41, 5.74) is 1.44. The Balaban J connectivity index is 2.00. The lowest BCUT2D eigenvalue weighted by atomic mass is 10.0. The SMILES string of the molecule is COc1cccc(OC)c1C(=O)N1CCC[C@@H]1c1ccccc1Cl. The van der Waals surface area contributed by atoms with Crippen LogP contribution in [0.15, 0.2) is 42.5 Å². The summed E-state index contributed by atoms with van der Waals surface area (Å²) in [4.78, 5) is 15.1. The maximum Gasteiger partial charge on any atom is 0.261 e. The molecule has 4 nitrogen and oxygen atoms in total. The summed E-state index contributed by atoms with van der Waals surface area (Å²) < 4.78 is 10.8. The van der Waals surface area contributed by atoms with Crippen molar-refractivity contribution in [1.29, 1.82) is 0 Å². The molecule has 24 heavy (non-hydrogen) atoms. The quantitative estimate of drug-likeness (QED) is 0.827. The van der Waals surface area contributed by atoms with Gasteiger partial charge in [0.2, 0.25) is 0 Å². The van der Waals surface area contributed by atoms with Gasteiger partial charge in [0.05, 0.1) is 20.3 Å². The Morgan fingerprint density at radius 3 is 2.38 bits per heavy atom. The fourth-order valence-corrected chi connectivity index (χ4v) is 3.55. The molecule has 0 bridgehead atoms. The van der Waals surface area contributed by atoms with Gasteiger partial charge < -0.3 is 14.4 Å². The number of likely N-dealkylation sites (tertiary alicyclic amines) is 1. The number of methoxy groups -OCH3 is 2. The van der Waals surface area contributed by atoms with Crippen LogP contribution in [0.25, 0.3) is 0 Å². The highest BCUT2D eigenvalue weighted by Gasteiger charge is 2.34. The third kappa shape index (κ3) is 2.94. The molecule has 0 aliphatic carbocycles. The lowest BCUT2D eigenvalue weighted by Gasteiger charge is -2.27. The Labute approximate surface area is 146 Å². The van der Waals surface area contributed by atoms with Gasteiger partial charge in [-0.1, -0.05) is 35.9 Å². The molecule has 0 aromatic heterocycles. The fraction of sp³-hybridized carbons (Fsp3) is 0.316. The Morgan fingerprint density at radius 1 is 1.08 bits per heavy atom. The van der Waals surface area contributed by atoms with Gasteiger partial charge in [-0.3, -0.25) is 4.79 Å². The topological polar surface area (TPSA) is 38.8 Å². The molecule has 1 amide bonds. The first kappa shape index (κ1) is 16.7. The van der Waals surface area contributed by atoms with Crippen molar-refractivity contribution >= 4 is 17.5 Å². The molecular formula is C19H20ClNO3. The van der Waals surface area contributed by atoms with Crippen LogP contribution in [0.1, 0.15) is 34.8 Å². The van der Waals surface area contributed by atoms with Crippen molar-refractivity contribution in [2.24, 2.45) is 0 Å². The average molecular weight is 346 g/mol. The summed E-state index contributed by atoms with van der Waals surface area (Å²) in [5, 5.41) is 0.689. The van der Waals surface area contributed by atoms with Crippen LogP contribution in [0.4, 0.5) is 0 Å².